The molecule has 0 bridgehead atoms. The van der Waals surface area contributed by atoms with Gasteiger partial charge in [0.1, 0.15) is 24.6 Å². The molecule has 2 aliphatic heterocycles. The number of benzene rings is 2. The number of likely N-dealkylation sites (N-methyl/N-ethyl adjacent to an activating group) is 1. The van der Waals surface area contributed by atoms with Crippen molar-refractivity contribution in [2.75, 3.05) is 46.4 Å². The van der Waals surface area contributed by atoms with Crippen LogP contribution in [0.5, 0.6) is 0 Å². The van der Waals surface area contributed by atoms with E-state index in [0.717, 1.165) is 11.1 Å². The number of halogens is 1. The first-order chi connectivity index (χ1) is 21.3. The Morgan fingerprint density at radius 1 is 1.07 bits per heavy atom. The van der Waals surface area contributed by atoms with Crippen LogP contribution < -0.4 is 10.6 Å². The second-order valence-electron chi connectivity index (χ2n) is 10.5. The van der Waals surface area contributed by atoms with Gasteiger partial charge in [0.15, 0.2) is 0 Å². The van der Waals surface area contributed by atoms with Gasteiger partial charge in [-0.25, -0.2) is 24.0 Å². The van der Waals surface area contributed by atoms with Crippen LogP contribution in [0, 0.1) is 5.82 Å². The van der Waals surface area contributed by atoms with Gasteiger partial charge >= 0.3 is 12.1 Å². The van der Waals surface area contributed by atoms with Crippen LogP contribution in [0.1, 0.15) is 24.0 Å². The van der Waals surface area contributed by atoms with Crippen LogP contribution in [0.4, 0.5) is 14.0 Å². The number of ether oxygens (including phenoxy) is 2. The molecule has 2 saturated heterocycles. The Morgan fingerprint density at radius 3 is 2.55 bits per heavy atom. The van der Waals surface area contributed by atoms with E-state index in [4.69, 9.17) is 9.47 Å². The number of hydrogen-bond donors (Lipinski definition) is 2. The molecule has 2 N–H and O–H groups in total. The number of carbonyl (C=O) groups is 4. The number of alkyl carbamates (subject to hydrolysis) is 1. The number of nitrogens with one attached hydrogen (secondary N) is 2. The number of piperazine rings is 1. The maximum absolute atomic E-state index is 13.7. The van der Waals surface area contributed by atoms with Crippen LogP contribution in [0.25, 0.3) is 0 Å². The van der Waals surface area contributed by atoms with E-state index in [0.29, 0.717) is 13.0 Å². The Kier molecular flexibility index (Phi) is 11.7. The minimum Gasteiger partial charge on any atom is -0.445 e. The van der Waals surface area contributed by atoms with Crippen molar-refractivity contribution >= 4 is 23.9 Å². The van der Waals surface area contributed by atoms with Gasteiger partial charge in [-0.05, 0) is 36.1 Å². The average Bonchev–Trinajstić information content (AvgIpc) is 3.01. The number of hydrazine groups is 1. The smallest absolute Gasteiger partial charge is 0.407 e. The zero-order valence-corrected chi connectivity index (χ0v) is 24.8. The summed E-state index contributed by atoms with van der Waals surface area (Å²) in [5.74, 6) is -0.867. The van der Waals surface area contributed by atoms with Crippen LogP contribution in [0.2, 0.25) is 0 Å². The average molecular weight is 611 g/mol. The van der Waals surface area contributed by atoms with E-state index in [-0.39, 0.29) is 70.1 Å². The van der Waals surface area contributed by atoms with Crippen molar-refractivity contribution in [2.24, 2.45) is 0 Å². The van der Waals surface area contributed by atoms with Gasteiger partial charge in [0.25, 0.3) is 0 Å². The predicted molar refractivity (Wildman–Crippen MR) is 159 cm³/mol. The van der Waals surface area contributed by atoms with Gasteiger partial charge in [0.2, 0.25) is 11.8 Å². The molecule has 44 heavy (non-hydrogen) atoms. The topological polar surface area (TPSA) is 124 Å². The standard InChI is InChI=1S/C31H39FN6O6/c1-3-17-44-31(42)33-15-7-10-26-29(40)36(16-18-43-22-24-11-13-25(32)14-12-24)20-27-37(26)28(39)21-35(2)38(27)30(41)34-19-23-8-5-4-6-9-23/h3-6,8-9,11-14,26-27H,1,7,10,15-22H2,2H3,(H,33,42)(H,34,41)/t26-,27-/m0/s1. The third-order valence-corrected chi connectivity index (χ3v) is 7.38. The van der Waals surface area contributed by atoms with Crippen molar-refractivity contribution in [1.82, 2.24) is 30.5 Å². The lowest BCUT2D eigenvalue weighted by molar-refractivity contribution is -0.188. The highest BCUT2D eigenvalue weighted by atomic mass is 19.1. The monoisotopic (exact) mass is 610 g/mol. The Balaban J connectivity index is 1.46. The molecular weight excluding hydrogens is 571 g/mol. The van der Waals surface area contributed by atoms with Crippen LogP contribution in [-0.4, -0.2) is 102 Å². The van der Waals surface area contributed by atoms with E-state index in [1.807, 2.05) is 30.3 Å². The summed E-state index contributed by atoms with van der Waals surface area (Å²) in [6, 6.07) is 14.2. The Hall–Kier alpha value is -4.49. The molecule has 236 valence electrons. The van der Waals surface area contributed by atoms with Gasteiger partial charge < -0.3 is 29.9 Å². The van der Waals surface area contributed by atoms with Gasteiger partial charge in [0.05, 0.1) is 26.3 Å². The van der Waals surface area contributed by atoms with Gasteiger partial charge in [0, 0.05) is 26.7 Å². The minimum absolute atomic E-state index is 0.0742. The Bertz CT molecular complexity index is 1300. The van der Waals surface area contributed by atoms with E-state index in [1.165, 1.54) is 28.1 Å². The van der Waals surface area contributed by atoms with Crippen LogP contribution >= 0.6 is 0 Å². The molecule has 2 heterocycles. The first-order valence-electron chi connectivity index (χ1n) is 14.5. The number of carbonyl (C=O) groups excluding carboxylic acids is 4. The highest BCUT2D eigenvalue weighted by Gasteiger charge is 2.50. The first-order valence-corrected chi connectivity index (χ1v) is 14.5. The van der Waals surface area contributed by atoms with Crippen molar-refractivity contribution < 1.29 is 33.0 Å². The molecule has 4 rings (SSSR count). The van der Waals surface area contributed by atoms with Crippen molar-refractivity contribution in [3.63, 3.8) is 0 Å². The molecule has 2 aromatic carbocycles. The molecule has 2 fully saturated rings. The molecule has 0 aromatic heterocycles. The molecule has 0 radical (unpaired) electrons. The van der Waals surface area contributed by atoms with Gasteiger partial charge in [-0.15, -0.1) is 0 Å². The summed E-state index contributed by atoms with van der Waals surface area (Å²) < 4.78 is 23.9. The lowest BCUT2D eigenvalue weighted by Crippen LogP contribution is -2.76. The summed E-state index contributed by atoms with van der Waals surface area (Å²) >= 11 is 0. The molecular formula is C31H39FN6O6. The molecule has 2 atom stereocenters. The fourth-order valence-corrected chi connectivity index (χ4v) is 5.25. The lowest BCUT2D eigenvalue weighted by Gasteiger charge is -2.54. The zero-order valence-electron chi connectivity index (χ0n) is 24.8. The maximum Gasteiger partial charge on any atom is 0.407 e. The summed E-state index contributed by atoms with van der Waals surface area (Å²) in [6.45, 7) is 4.78. The fourth-order valence-electron chi connectivity index (χ4n) is 5.25. The molecule has 2 aromatic rings. The molecule has 13 heteroatoms. The first kappa shape index (κ1) is 32.4. The Morgan fingerprint density at radius 2 is 1.82 bits per heavy atom. The number of urea groups is 1. The Labute approximate surface area is 256 Å². The normalized spacial score (nSPS) is 18.5. The SMILES string of the molecule is C=CCOC(=O)NCCC[C@H]1C(=O)N(CCOCc2ccc(F)cc2)C[C@H]2N1C(=O)CN(C)N2C(=O)NCc1ccccc1. The highest BCUT2D eigenvalue weighted by Crippen LogP contribution is 2.28. The second-order valence-corrected chi connectivity index (χ2v) is 10.5. The molecule has 12 nitrogen and oxygen atoms in total. The molecule has 5 amide bonds. The van der Waals surface area contributed by atoms with Crippen LogP contribution in [0.15, 0.2) is 67.3 Å². The van der Waals surface area contributed by atoms with Crippen molar-refractivity contribution in [2.45, 2.75) is 38.2 Å². The van der Waals surface area contributed by atoms with Crippen molar-refractivity contribution in [1.29, 1.82) is 0 Å². The highest BCUT2D eigenvalue weighted by molar-refractivity contribution is 5.91. The quantitative estimate of drug-likeness (QED) is 0.264. The van der Waals surface area contributed by atoms with E-state index in [9.17, 15) is 23.6 Å². The summed E-state index contributed by atoms with van der Waals surface area (Å²) in [5.41, 5.74) is 1.71. The van der Waals surface area contributed by atoms with Gasteiger partial charge in [-0.2, -0.15) is 0 Å². The summed E-state index contributed by atoms with van der Waals surface area (Å²) in [4.78, 5) is 55.5. The molecule has 0 aliphatic carbocycles. The fraction of sp³-hybridized carbons (Fsp3) is 0.419. The van der Waals surface area contributed by atoms with Gasteiger partial charge in [-0.1, -0.05) is 55.1 Å². The molecule has 0 unspecified atom stereocenters. The van der Waals surface area contributed by atoms with E-state index >= 15 is 0 Å². The molecule has 0 spiro atoms. The predicted octanol–water partition coefficient (Wildman–Crippen LogP) is 2.47. The van der Waals surface area contributed by atoms with Gasteiger partial charge in [-0.3, -0.25) is 9.59 Å². The van der Waals surface area contributed by atoms with Crippen molar-refractivity contribution in [3.05, 3.63) is 84.2 Å². The number of hydrogen-bond acceptors (Lipinski definition) is 7. The molecule has 0 saturated carbocycles. The third-order valence-electron chi connectivity index (χ3n) is 7.38. The maximum atomic E-state index is 13.7. The van der Waals surface area contributed by atoms with E-state index < -0.39 is 24.3 Å². The summed E-state index contributed by atoms with van der Waals surface area (Å²) in [5, 5.41) is 8.61. The summed E-state index contributed by atoms with van der Waals surface area (Å²) in [7, 11) is 1.66. The van der Waals surface area contributed by atoms with Crippen molar-refractivity contribution in [3.8, 4) is 0 Å². The number of amides is 5. The zero-order chi connectivity index (χ0) is 31.5. The summed E-state index contributed by atoms with van der Waals surface area (Å²) in [6.07, 6.45) is 0.760. The van der Waals surface area contributed by atoms with Crippen LogP contribution in [0.3, 0.4) is 0 Å². The third kappa shape index (κ3) is 8.54. The largest absolute Gasteiger partial charge is 0.445 e. The van der Waals surface area contributed by atoms with E-state index in [1.54, 1.807) is 29.1 Å². The lowest BCUT2D eigenvalue weighted by atomic mass is 10.0. The second kappa shape index (κ2) is 15.8. The van der Waals surface area contributed by atoms with Crippen LogP contribution in [-0.2, 0) is 32.2 Å². The number of rotatable bonds is 13. The minimum atomic E-state index is -0.845. The molecule has 2 aliphatic rings. The number of fused-ring (bicyclic) bond motifs is 1. The number of nitrogens with zero attached hydrogens (tertiary/aromatic N) is 4. The van der Waals surface area contributed by atoms with E-state index in [2.05, 4.69) is 17.2 Å².